The number of thioether (sulfide) groups is 1. The van der Waals surface area contributed by atoms with Gasteiger partial charge < -0.3 is 10.1 Å². The van der Waals surface area contributed by atoms with E-state index in [4.69, 9.17) is 0 Å². The van der Waals surface area contributed by atoms with Gasteiger partial charge in [-0.1, -0.05) is 0 Å². The molecule has 0 radical (unpaired) electrons. The van der Waals surface area contributed by atoms with Gasteiger partial charge in [0, 0.05) is 19.5 Å². The molecule has 0 spiro atoms. The number of nitrogens with zero attached hydrogens (tertiary/aromatic N) is 1. The van der Waals surface area contributed by atoms with Crippen molar-refractivity contribution in [2.45, 2.75) is 19.3 Å². The van der Waals surface area contributed by atoms with Gasteiger partial charge in [-0.3, -0.25) is 19.5 Å². The van der Waals surface area contributed by atoms with Crippen LogP contribution in [-0.4, -0.2) is 53.6 Å². The van der Waals surface area contributed by atoms with E-state index in [2.05, 4.69) is 20.3 Å². The van der Waals surface area contributed by atoms with E-state index in [-0.39, 0.29) is 27.8 Å². The summed E-state index contributed by atoms with van der Waals surface area (Å²) >= 11 is 1.23. The van der Waals surface area contributed by atoms with Gasteiger partial charge in [0.2, 0.25) is 17.5 Å². The highest BCUT2D eigenvalue weighted by Gasteiger charge is 2.34. The number of ether oxygens (including phenoxy) is 1. The second kappa shape index (κ2) is 7.91. The Bertz CT molecular complexity index is 723. The molecule has 0 aliphatic heterocycles. The van der Waals surface area contributed by atoms with E-state index in [1.54, 1.807) is 7.05 Å². The average molecular weight is 351 g/mol. The molecule has 24 heavy (non-hydrogen) atoms. The summed E-state index contributed by atoms with van der Waals surface area (Å²) in [4.78, 5) is 47.6. The molecule has 0 atom stereocenters. The van der Waals surface area contributed by atoms with Crippen molar-refractivity contribution in [3.8, 4) is 0 Å². The minimum Gasteiger partial charge on any atom is -0.464 e. The van der Waals surface area contributed by atoms with E-state index in [1.165, 1.54) is 24.9 Å². The Morgan fingerprint density at radius 2 is 2.08 bits per heavy atom. The van der Waals surface area contributed by atoms with Gasteiger partial charge in [-0.05, 0) is 18.6 Å². The summed E-state index contributed by atoms with van der Waals surface area (Å²) in [5.41, 5.74) is -0.219. The molecule has 0 saturated carbocycles. The predicted molar refractivity (Wildman–Crippen MR) is 87.0 cm³/mol. The fraction of sp³-hybridized carbons (Fsp3) is 0.400. The summed E-state index contributed by atoms with van der Waals surface area (Å²) < 4.78 is 4.59. The predicted octanol–water partition coefficient (Wildman–Crippen LogP) is 1.11. The fourth-order valence-corrected chi connectivity index (χ4v) is 3.16. The van der Waals surface area contributed by atoms with Crippen molar-refractivity contribution in [1.82, 2.24) is 15.5 Å². The van der Waals surface area contributed by atoms with Gasteiger partial charge >= 0.3 is 5.97 Å². The van der Waals surface area contributed by atoms with Crippen molar-refractivity contribution < 1.29 is 23.9 Å². The summed E-state index contributed by atoms with van der Waals surface area (Å²) in [6.45, 7) is 0. The standard InChI is InChI=1S/C15H17N3O5S/c1-16-10(20)5-3-4-6-24-9-7-8(19)12-11(14(9)21)13(18-17-12)15(22)23-2/h7H,3-6H2,1-2H3,(H,16,20)(H,17,18). The number of amides is 1. The van der Waals surface area contributed by atoms with Crippen LogP contribution in [-0.2, 0) is 9.53 Å². The number of esters is 1. The maximum Gasteiger partial charge on any atom is 0.356 e. The summed E-state index contributed by atoms with van der Waals surface area (Å²) in [5.74, 6) is -1.04. The number of Topliss-reactive ketones (excluding diaryl/α,β-unsaturated/α-hetero) is 1. The van der Waals surface area contributed by atoms with E-state index in [9.17, 15) is 19.2 Å². The average Bonchev–Trinajstić information content (AvgIpc) is 3.03. The lowest BCUT2D eigenvalue weighted by atomic mass is 9.99. The van der Waals surface area contributed by atoms with Crippen LogP contribution in [0.5, 0.6) is 0 Å². The van der Waals surface area contributed by atoms with Crippen molar-refractivity contribution in [3.63, 3.8) is 0 Å². The molecule has 9 heteroatoms. The summed E-state index contributed by atoms with van der Waals surface area (Å²) in [6.07, 6.45) is 3.06. The van der Waals surface area contributed by atoms with Gasteiger partial charge in [0.25, 0.3) is 0 Å². The third kappa shape index (κ3) is 3.73. The molecule has 0 fully saturated rings. The molecule has 0 aromatic carbocycles. The first kappa shape index (κ1) is 17.9. The van der Waals surface area contributed by atoms with Crippen LogP contribution in [0.3, 0.4) is 0 Å². The SMILES string of the molecule is CNC(=O)CCCCSC1=CC(=O)c2n[nH]c(C(=O)OC)c2C1=O. The number of aromatic amines is 1. The van der Waals surface area contributed by atoms with Crippen molar-refractivity contribution in [3.05, 3.63) is 27.9 Å². The summed E-state index contributed by atoms with van der Waals surface area (Å²) in [5, 5.41) is 8.66. The van der Waals surface area contributed by atoms with E-state index < -0.39 is 17.5 Å². The number of fused-ring (bicyclic) bond motifs is 1. The van der Waals surface area contributed by atoms with Crippen LogP contribution in [0.25, 0.3) is 0 Å². The van der Waals surface area contributed by atoms with E-state index in [0.29, 0.717) is 18.6 Å². The first-order valence-electron chi connectivity index (χ1n) is 7.30. The molecule has 0 bridgehead atoms. The molecule has 1 aliphatic rings. The largest absolute Gasteiger partial charge is 0.464 e. The van der Waals surface area contributed by atoms with Crippen LogP contribution in [0.1, 0.15) is 50.6 Å². The Hall–Kier alpha value is -2.42. The smallest absolute Gasteiger partial charge is 0.356 e. The molecular weight excluding hydrogens is 334 g/mol. The van der Waals surface area contributed by atoms with Crippen LogP contribution in [0.4, 0.5) is 0 Å². The van der Waals surface area contributed by atoms with Gasteiger partial charge in [0.05, 0.1) is 17.6 Å². The van der Waals surface area contributed by atoms with E-state index in [0.717, 1.165) is 6.42 Å². The van der Waals surface area contributed by atoms with Crippen molar-refractivity contribution >= 4 is 35.2 Å². The molecule has 1 aromatic rings. The number of carbonyl (C=O) groups is 4. The molecule has 2 N–H and O–H groups in total. The van der Waals surface area contributed by atoms with Crippen molar-refractivity contribution in [2.75, 3.05) is 19.9 Å². The molecule has 1 heterocycles. The van der Waals surface area contributed by atoms with E-state index in [1.807, 2.05) is 0 Å². The number of allylic oxidation sites excluding steroid dienone is 2. The lowest BCUT2D eigenvalue weighted by Crippen LogP contribution is -2.18. The van der Waals surface area contributed by atoms with Crippen LogP contribution in [0, 0.1) is 0 Å². The number of hydrogen-bond acceptors (Lipinski definition) is 7. The zero-order valence-corrected chi connectivity index (χ0v) is 14.1. The number of hydrogen-bond donors (Lipinski definition) is 2. The topological polar surface area (TPSA) is 118 Å². The third-order valence-corrected chi connectivity index (χ3v) is 4.54. The Morgan fingerprint density at radius 1 is 1.33 bits per heavy atom. The number of methoxy groups -OCH3 is 1. The molecule has 1 amide bonds. The van der Waals surface area contributed by atoms with Crippen LogP contribution in [0.15, 0.2) is 11.0 Å². The molecule has 2 rings (SSSR count). The van der Waals surface area contributed by atoms with Crippen molar-refractivity contribution in [1.29, 1.82) is 0 Å². The number of rotatable bonds is 7. The monoisotopic (exact) mass is 351 g/mol. The zero-order chi connectivity index (χ0) is 17.7. The van der Waals surface area contributed by atoms with Gasteiger partial charge in [0.1, 0.15) is 5.69 Å². The minimum atomic E-state index is -0.748. The maximum atomic E-state index is 12.5. The third-order valence-electron chi connectivity index (χ3n) is 3.44. The molecular formula is C15H17N3O5S. The second-order valence-corrected chi connectivity index (χ2v) is 6.13. The maximum absolute atomic E-state index is 12.5. The number of nitrogens with one attached hydrogen (secondary N) is 2. The van der Waals surface area contributed by atoms with Crippen LogP contribution >= 0.6 is 11.8 Å². The highest BCUT2D eigenvalue weighted by Crippen LogP contribution is 2.30. The lowest BCUT2D eigenvalue weighted by Gasteiger charge is -2.11. The minimum absolute atomic E-state index is 0.0334. The molecule has 8 nitrogen and oxygen atoms in total. The number of ketones is 2. The highest BCUT2D eigenvalue weighted by atomic mass is 32.2. The second-order valence-electron chi connectivity index (χ2n) is 4.99. The van der Waals surface area contributed by atoms with Crippen molar-refractivity contribution in [2.24, 2.45) is 0 Å². The van der Waals surface area contributed by atoms with Gasteiger partial charge in [-0.15, -0.1) is 11.8 Å². The molecule has 0 saturated heterocycles. The Kier molecular flexibility index (Phi) is 5.91. The summed E-state index contributed by atoms with van der Waals surface area (Å²) in [6, 6.07) is 0. The number of unbranched alkanes of at least 4 members (excludes halogenated alkanes) is 1. The lowest BCUT2D eigenvalue weighted by molar-refractivity contribution is -0.120. The number of aromatic nitrogens is 2. The number of H-pyrrole nitrogens is 1. The van der Waals surface area contributed by atoms with Gasteiger partial charge in [-0.2, -0.15) is 5.10 Å². The fourth-order valence-electron chi connectivity index (χ4n) is 2.17. The molecule has 1 aliphatic carbocycles. The molecule has 0 unspecified atom stereocenters. The number of carbonyl (C=O) groups excluding carboxylic acids is 4. The summed E-state index contributed by atoms with van der Waals surface area (Å²) in [7, 11) is 2.76. The van der Waals surface area contributed by atoms with E-state index >= 15 is 0 Å². The zero-order valence-electron chi connectivity index (χ0n) is 13.3. The van der Waals surface area contributed by atoms with Crippen LogP contribution < -0.4 is 5.32 Å². The first-order chi connectivity index (χ1) is 11.5. The first-order valence-corrected chi connectivity index (χ1v) is 8.29. The Balaban J connectivity index is 2.02. The normalized spacial score (nSPS) is 13.3. The quantitative estimate of drug-likeness (QED) is 0.558. The van der Waals surface area contributed by atoms with Gasteiger partial charge in [0.15, 0.2) is 5.69 Å². The molecule has 1 aromatic heterocycles. The Morgan fingerprint density at radius 3 is 2.75 bits per heavy atom. The Labute approximate surface area is 142 Å². The van der Waals surface area contributed by atoms with Gasteiger partial charge in [-0.25, -0.2) is 4.79 Å². The molecule has 128 valence electrons. The highest BCUT2D eigenvalue weighted by molar-refractivity contribution is 8.04. The van der Waals surface area contributed by atoms with Crippen LogP contribution in [0.2, 0.25) is 0 Å².